The number of hydrogen-bond donors (Lipinski definition) is 1. The van der Waals surface area contributed by atoms with Crippen LogP contribution in [0.2, 0.25) is 0 Å². The van der Waals surface area contributed by atoms with E-state index in [1.165, 1.54) is 0 Å². The molecular formula is C12H15BrN2O. The second kappa shape index (κ2) is 4.86. The van der Waals surface area contributed by atoms with E-state index in [4.69, 9.17) is 5.26 Å². The summed E-state index contributed by atoms with van der Waals surface area (Å²) in [5.74, 6) is 0. The first kappa shape index (κ1) is 13.0. The van der Waals surface area contributed by atoms with Gasteiger partial charge in [-0.15, -0.1) is 0 Å². The van der Waals surface area contributed by atoms with Crippen LogP contribution in [0.3, 0.4) is 0 Å². The molecule has 1 aromatic carbocycles. The Morgan fingerprint density at radius 1 is 1.44 bits per heavy atom. The lowest BCUT2D eigenvalue weighted by Crippen LogP contribution is -2.44. The van der Waals surface area contributed by atoms with E-state index >= 15 is 0 Å². The van der Waals surface area contributed by atoms with Crippen LogP contribution in [-0.4, -0.2) is 24.3 Å². The lowest BCUT2D eigenvalue weighted by atomic mass is 10.0. The third-order valence-corrected chi connectivity index (χ3v) is 3.15. The average Bonchev–Trinajstić information content (AvgIpc) is 2.27. The van der Waals surface area contributed by atoms with Crippen LogP contribution in [0.15, 0.2) is 22.7 Å². The zero-order chi connectivity index (χ0) is 12.3. The molecule has 1 aromatic rings. The summed E-state index contributed by atoms with van der Waals surface area (Å²) in [5, 5.41) is 18.2. The maximum absolute atomic E-state index is 9.30. The van der Waals surface area contributed by atoms with Crippen LogP contribution in [0.5, 0.6) is 0 Å². The number of benzene rings is 1. The molecule has 0 fully saturated rings. The number of aliphatic hydroxyl groups is 1. The summed E-state index contributed by atoms with van der Waals surface area (Å²) in [7, 11) is 1.90. The normalized spacial score (nSPS) is 11.0. The molecule has 1 rings (SSSR count). The highest BCUT2D eigenvalue weighted by atomic mass is 79.9. The van der Waals surface area contributed by atoms with E-state index in [1.807, 2.05) is 37.9 Å². The van der Waals surface area contributed by atoms with Gasteiger partial charge in [0, 0.05) is 17.2 Å². The monoisotopic (exact) mass is 282 g/mol. The van der Waals surface area contributed by atoms with Crippen molar-refractivity contribution in [2.75, 3.05) is 18.6 Å². The molecule has 0 unspecified atom stereocenters. The zero-order valence-corrected chi connectivity index (χ0v) is 11.2. The lowest BCUT2D eigenvalue weighted by molar-refractivity contribution is 0.216. The lowest BCUT2D eigenvalue weighted by Gasteiger charge is -2.36. The minimum absolute atomic E-state index is 0.0535. The molecule has 0 bridgehead atoms. The molecule has 0 saturated heterocycles. The van der Waals surface area contributed by atoms with Gasteiger partial charge in [-0.3, -0.25) is 0 Å². The number of anilines is 1. The van der Waals surface area contributed by atoms with Crippen molar-refractivity contribution in [3.8, 4) is 6.07 Å². The third-order valence-electron chi connectivity index (χ3n) is 2.69. The smallest absolute Gasteiger partial charge is 0.0992 e. The second-order valence-corrected chi connectivity index (χ2v) is 5.26. The number of aliphatic hydroxyl groups excluding tert-OH is 1. The second-order valence-electron chi connectivity index (χ2n) is 4.34. The van der Waals surface area contributed by atoms with Crippen LogP contribution in [0, 0.1) is 11.3 Å². The Bertz CT molecular complexity index is 424. The van der Waals surface area contributed by atoms with Crippen LogP contribution in [0.4, 0.5) is 5.69 Å². The van der Waals surface area contributed by atoms with Crippen molar-refractivity contribution in [3.63, 3.8) is 0 Å². The number of nitrogens with zero attached hydrogens (tertiary/aromatic N) is 2. The number of nitriles is 1. The number of hydrogen-bond acceptors (Lipinski definition) is 3. The first-order chi connectivity index (χ1) is 7.40. The van der Waals surface area contributed by atoms with Crippen LogP contribution in [0.1, 0.15) is 19.4 Å². The molecule has 0 atom stereocenters. The van der Waals surface area contributed by atoms with E-state index in [0.29, 0.717) is 5.56 Å². The van der Waals surface area contributed by atoms with Gasteiger partial charge in [0.1, 0.15) is 0 Å². The molecule has 0 radical (unpaired) electrons. The molecule has 16 heavy (non-hydrogen) atoms. The van der Waals surface area contributed by atoms with E-state index in [9.17, 15) is 5.11 Å². The van der Waals surface area contributed by atoms with E-state index in [-0.39, 0.29) is 12.1 Å². The number of rotatable bonds is 3. The summed E-state index contributed by atoms with van der Waals surface area (Å²) in [6.07, 6.45) is 0. The topological polar surface area (TPSA) is 47.3 Å². The predicted octanol–water partition coefficient (Wildman–Crippen LogP) is 2.53. The van der Waals surface area contributed by atoms with Gasteiger partial charge in [-0.1, -0.05) is 15.9 Å². The molecule has 4 heteroatoms. The minimum Gasteiger partial charge on any atom is -0.394 e. The Labute approximate surface area is 104 Å². The average molecular weight is 283 g/mol. The fourth-order valence-corrected chi connectivity index (χ4v) is 1.77. The van der Waals surface area contributed by atoms with Crippen molar-refractivity contribution in [2.45, 2.75) is 19.4 Å². The number of halogens is 1. The molecule has 0 aliphatic heterocycles. The van der Waals surface area contributed by atoms with Crippen molar-refractivity contribution in [3.05, 3.63) is 28.2 Å². The summed E-state index contributed by atoms with van der Waals surface area (Å²) in [5.41, 5.74) is 1.16. The highest BCUT2D eigenvalue weighted by molar-refractivity contribution is 9.10. The van der Waals surface area contributed by atoms with Crippen molar-refractivity contribution < 1.29 is 5.11 Å². The van der Waals surface area contributed by atoms with E-state index < -0.39 is 0 Å². The molecule has 1 N–H and O–H groups in total. The molecule has 0 aromatic heterocycles. The Morgan fingerprint density at radius 2 is 2.06 bits per heavy atom. The first-order valence-electron chi connectivity index (χ1n) is 4.96. The van der Waals surface area contributed by atoms with E-state index in [0.717, 1.165) is 10.2 Å². The summed E-state index contributed by atoms with van der Waals surface area (Å²) in [4.78, 5) is 1.96. The fourth-order valence-electron chi connectivity index (χ4n) is 1.29. The van der Waals surface area contributed by atoms with Crippen LogP contribution < -0.4 is 4.90 Å². The Hall–Kier alpha value is -1.05. The van der Waals surface area contributed by atoms with Gasteiger partial charge in [-0.25, -0.2) is 0 Å². The summed E-state index contributed by atoms with van der Waals surface area (Å²) in [6, 6.07) is 7.62. The first-order valence-corrected chi connectivity index (χ1v) is 5.75. The highest BCUT2D eigenvalue weighted by Crippen LogP contribution is 2.26. The molecule has 86 valence electrons. The molecule has 0 aliphatic carbocycles. The van der Waals surface area contributed by atoms with Crippen molar-refractivity contribution in [1.29, 1.82) is 5.26 Å². The zero-order valence-electron chi connectivity index (χ0n) is 9.66. The van der Waals surface area contributed by atoms with Gasteiger partial charge in [-0.2, -0.15) is 5.26 Å². The molecule has 0 aliphatic rings. The van der Waals surface area contributed by atoms with Crippen molar-refractivity contribution in [2.24, 2.45) is 0 Å². The highest BCUT2D eigenvalue weighted by Gasteiger charge is 2.23. The molecule has 0 heterocycles. The summed E-state index contributed by atoms with van der Waals surface area (Å²) < 4.78 is 0.863. The van der Waals surface area contributed by atoms with E-state index in [2.05, 4.69) is 22.0 Å². The minimum atomic E-state index is -0.354. The Balaban J connectivity index is 3.14. The quantitative estimate of drug-likeness (QED) is 0.927. The van der Waals surface area contributed by atoms with Gasteiger partial charge in [0.15, 0.2) is 0 Å². The molecule has 0 saturated carbocycles. The van der Waals surface area contributed by atoms with Gasteiger partial charge >= 0.3 is 0 Å². The SMILES string of the molecule is CN(c1cc(Br)cc(C#N)c1)C(C)(C)CO. The van der Waals surface area contributed by atoms with Crippen LogP contribution in [0.25, 0.3) is 0 Å². The van der Waals surface area contributed by atoms with Gasteiger partial charge in [-0.05, 0) is 32.0 Å². The van der Waals surface area contributed by atoms with Crippen molar-refractivity contribution in [1.82, 2.24) is 0 Å². The van der Waals surface area contributed by atoms with Gasteiger partial charge in [0.25, 0.3) is 0 Å². The van der Waals surface area contributed by atoms with Crippen molar-refractivity contribution >= 4 is 21.6 Å². The molecule has 0 amide bonds. The fraction of sp³-hybridized carbons (Fsp3) is 0.417. The molecule has 3 nitrogen and oxygen atoms in total. The maximum atomic E-state index is 9.30. The number of likely N-dealkylation sites (N-methyl/N-ethyl adjacent to an activating group) is 1. The Kier molecular flexibility index (Phi) is 3.95. The summed E-state index contributed by atoms with van der Waals surface area (Å²) >= 11 is 3.37. The third kappa shape index (κ3) is 2.75. The van der Waals surface area contributed by atoms with Gasteiger partial charge in [0.2, 0.25) is 0 Å². The standard InChI is InChI=1S/C12H15BrN2O/c1-12(2,8-16)15(3)11-5-9(7-14)4-10(13)6-11/h4-6,16H,8H2,1-3H3. The van der Waals surface area contributed by atoms with E-state index in [1.54, 1.807) is 6.07 Å². The maximum Gasteiger partial charge on any atom is 0.0992 e. The van der Waals surface area contributed by atoms with Gasteiger partial charge in [0.05, 0.1) is 23.8 Å². The predicted molar refractivity (Wildman–Crippen MR) is 68.4 cm³/mol. The largest absolute Gasteiger partial charge is 0.394 e. The van der Waals surface area contributed by atoms with Gasteiger partial charge < -0.3 is 10.0 Å². The van der Waals surface area contributed by atoms with Crippen LogP contribution in [-0.2, 0) is 0 Å². The molecule has 0 spiro atoms. The Morgan fingerprint density at radius 3 is 2.56 bits per heavy atom. The van der Waals surface area contributed by atoms with Crippen LogP contribution >= 0.6 is 15.9 Å². The summed E-state index contributed by atoms with van der Waals surface area (Å²) in [6.45, 7) is 3.94. The molecular weight excluding hydrogens is 268 g/mol.